The molecule has 0 aromatic carbocycles. The van der Waals surface area contributed by atoms with Gasteiger partial charge in [0.25, 0.3) is 0 Å². The van der Waals surface area contributed by atoms with Gasteiger partial charge in [0.05, 0.1) is 12.7 Å². The molecule has 0 aromatic heterocycles. The SMILES string of the molecule is CCC(C)(CCl)NCC1CN(C)CCO1. The fraction of sp³-hybridized carbons (Fsp3) is 1.00. The van der Waals surface area contributed by atoms with Crippen LogP contribution in [0.5, 0.6) is 0 Å². The number of halogens is 1. The van der Waals surface area contributed by atoms with E-state index in [1.807, 2.05) is 0 Å². The number of rotatable bonds is 5. The van der Waals surface area contributed by atoms with Crippen LogP contribution >= 0.6 is 11.6 Å². The standard InChI is InChI=1S/C11H23ClN2O/c1-4-11(2,9-12)13-7-10-8-14(3)5-6-15-10/h10,13H,4-9H2,1-3H3. The number of alkyl halides is 1. The number of hydrogen-bond acceptors (Lipinski definition) is 3. The number of ether oxygens (including phenoxy) is 1. The molecule has 2 atom stereocenters. The summed E-state index contributed by atoms with van der Waals surface area (Å²) in [5, 5.41) is 3.50. The lowest BCUT2D eigenvalue weighted by Crippen LogP contribution is -2.51. The summed E-state index contributed by atoms with van der Waals surface area (Å²) in [7, 11) is 2.14. The molecule has 0 aromatic rings. The van der Waals surface area contributed by atoms with Gasteiger partial charge in [0.15, 0.2) is 0 Å². The summed E-state index contributed by atoms with van der Waals surface area (Å²) in [6, 6.07) is 0. The molecule has 4 heteroatoms. The van der Waals surface area contributed by atoms with Crippen LogP contribution in [0.15, 0.2) is 0 Å². The monoisotopic (exact) mass is 234 g/mol. The van der Waals surface area contributed by atoms with Gasteiger partial charge in [-0.25, -0.2) is 0 Å². The predicted molar refractivity (Wildman–Crippen MR) is 64.7 cm³/mol. The predicted octanol–water partition coefficient (Wildman–Crippen LogP) is 1.31. The van der Waals surface area contributed by atoms with E-state index in [2.05, 4.69) is 31.1 Å². The molecule has 0 aliphatic carbocycles. The van der Waals surface area contributed by atoms with Crippen LogP contribution in [-0.2, 0) is 4.74 Å². The van der Waals surface area contributed by atoms with Gasteiger partial charge in [-0.3, -0.25) is 0 Å². The van der Waals surface area contributed by atoms with Crippen LogP contribution in [0, 0.1) is 0 Å². The van der Waals surface area contributed by atoms with Crippen molar-refractivity contribution in [2.45, 2.75) is 31.9 Å². The number of morpholine rings is 1. The van der Waals surface area contributed by atoms with E-state index in [1.54, 1.807) is 0 Å². The van der Waals surface area contributed by atoms with Gasteiger partial charge in [-0.05, 0) is 20.4 Å². The molecule has 1 saturated heterocycles. The molecule has 1 aliphatic rings. The molecule has 90 valence electrons. The number of nitrogens with zero attached hydrogens (tertiary/aromatic N) is 1. The van der Waals surface area contributed by atoms with E-state index in [1.165, 1.54) is 0 Å². The summed E-state index contributed by atoms with van der Waals surface area (Å²) < 4.78 is 5.69. The summed E-state index contributed by atoms with van der Waals surface area (Å²) in [6.45, 7) is 8.09. The van der Waals surface area contributed by atoms with Crippen LogP contribution in [0.1, 0.15) is 20.3 Å². The maximum Gasteiger partial charge on any atom is 0.0826 e. The lowest BCUT2D eigenvalue weighted by Gasteiger charge is -2.34. The van der Waals surface area contributed by atoms with Gasteiger partial charge >= 0.3 is 0 Å². The fourth-order valence-corrected chi connectivity index (χ4v) is 1.90. The average Bonchev–Trinajstić information content (AvgIpc) is 2.26. The van der Waals surface area contributed by atoms with Crippen molar-refractivity contribution in [3.63, 3.8) is 0 Å². The molecule has 0 bridgehead atoms. The van der Waals surface area contributed by atoms with E-state index in [0.29, 0.717) is 12.0 Å². The maximum atomic E-state index is 5.94. The third-order valence-corrected chi connectivity index (χ3v) is 3.76. The summed E-state index contributed by atoms with van der Waals surface area (Å²) in [4.78, 5) is 2.31. The van der Waals surface area contributed by atoms with E-state index < -0.39 is 0 Å². The molecular formula is C11H23ClN2O. The van der Waals surface area contributed by atoms with Gasteiger partial charge in [0, 0.05) is 31.1 Å². The van der Waals surface area contributed by atoms with Crippen LogP contribution in [0.25, 0.3) is 0 Å². The zero-order chi connectivity index (χ0) is 11.3. The van der Waals surface area contributed by atoms with Crippen molar-refractivity contribution in [2.24, 2.45) is 0 Å². The number of likely N-dealkylation sites (N-methyl/N-ethyl adjacent to an activating group) is 1. The third kappa shape index (κ3) is 4.27. The zero-order valence-corrected chi connectivity index (χ0v) is 10.8. The Morgan fingerprint density at radius 3 is 2.87 bits per heavy atom. The van der Waals surface area contributed by atoms with Crippen LogP contribution in [0.2, 0.25) is 0 Å². The second-order valence-corrected chi connectivity index (χ2v) is 4.95. The molecule has 1 heterocycles. The van der Waals surface area contributed by atoms with Crippen LogP contribution in [-0.4, -0.2) is 55.7 Å². The van der Waals surface area contributed by atoms with Gasteiger partial charge in [-0.1, -0.05) is 6.92 Å². The first-order valence-electron chi connectivity index (χ1n) is 5.71. The normalized spacial score (nSPS) is 27.6. The summed E-state index contributed by atoms with van der Waals surface area (Å²) >= 11 is 5.94. The Morgan fingerprint density at radius 2 is 2.33 bits per heavy atom. The van der Waals surface area contributed by atoms with Crippen molar-refractivity contribution in [1.29, 1.82) is 0 Å². The van der Waals surface area contributed by atoms with Crippen LogP contribution < -0.4 is 5.32 Å². The van der Waals surface area contributed by atoms with Crippen molar-refractivity contribution in [1.82, 2.24) is 10.2 Å². The lowest BCUT2D eigenvalue weighted by atomic mass is 10.0. The van der Waals surface area contributed by atoms with Gasteiger partial charge in [-0.15, -0.1) is 11.6 Å². The quantitative estimate of drug-likeness (QED) is 0.727. The smallest absolute Gasteiger partial charge is 0.0826 e. The van der Waals surface area contributed by atoms with Crippen molar-refractivity contribution in [3.8, 4) is 0 Å². The minimum Gasteiger partial charge on any atom is -0.374 e. The van der Waals surface area contributed by atoms with Crippen molar-refractivity contribution in [2.75, 3.05) is 39.2 Å². The molecule has 15 heavy (non-hydrogen) atoms. The maximum absolute atomic E-state index is 5.94. The van der Waals surface area contributed by atoms with Gasteiger partial charge in [0.1, 0.15) is 0 Å². The molecule has 0 saturated carbocycles. The molecule has 3 nitrogen and oxygen atoms in total. The number of hydrogen-bond donors (Lipinski definition) is 1. The minimum absolute atomic E-state index is 0.0426. The van der Waals surface area contributed by atoms with E-state index in [0.717, 1.165) is 32.7 Å². The molecular weight excluding hydrogens is 212 g/mol. The van der Waals surface area contributed by atoms with E-state index >= 15 is 0 Å². The Morgan fingerprint density at radius 1 is 1.60 bits per heavy atom. The van der Waals surface area contributed by atoms with Gasteiger partial charge in [0.2, 0.25) is 0 Å². The third-order valence-electron chi connectivity index (χ3n) is 3.17. The fourth-order valence-electron chi connectivity index (χ4n) is 1.62. The Hall–Kier alpha value is 0.170. The topological polar surface area (TPSA) is 24.5 Å². The molecule has 0 amide bonds. The summed E-state index contributed by atoms with van der Waals surface area (Å²) in [5.74, 6) is 0.645. The largest absolute Gasteiger partial charge is 0.374 e. The highest BCUT2D eigenvalue weighted by atomic mass is 35.5. The highest BCUT2D eigenvalue weighted by Crippen LogP contribution is 2.12. The highest BCUT2D eigenvalue weighted by molar-refractivity contribution is 6.18. The first-order chi connectivity index (χ1) is 7.09. The van der Waals surface area contributed by atoms with Gasteiger partial charge in [-0.2, -0.15) is 0 Å². The van der Waals surface area contributed by atoms with Crippen molar-refractivity contribution < 1.29 is 4.74 Å². The Balaban J connectivity index is 2.29. The first kappa shape index (κ1) is 13.2. The Labute approximate surface area is 98.1 Å². The minimum atomic E-state index is 0.0426. The second kappa shape index (κ2) is 6.04. The molecule has 1 N–H and O–H groups in total. The van der Waals surface area contributed by atoms with Crippen molar-refractivity contribution >= 4 is 11.6 Å². The molecule has 1 aliphatic heterocycles. The Kier molecular flexibility index (Phi) is 5.33. The van der Waals surface area contributed by atoms with Crippen LogP contribution in [0.3, 0.4) is 0 Å². The second-order valence-electron chi connectivity index (χ2n) is 4.68. The highest BCUT2D eigenvalue weighted by Gasteiger charge is 2.23. The van der Waals surface area contributed by atoms with E-state index in [9.17, 15) is 0 Å². The van der Waals surface area contributed by atoms with Crippen molar-refractivity contribution in [3.05, 3.63) is 0 Å². The molecule has 1 fully saturated rings. The lowest BCUT2D eigenvalue weighted by molar-refractivity contribution is -0.0209. The molecule has 0 radical (unpaired) electrons. The number of nitrogens with one attached hydrogen (secondary N) is 1. The Bertz CT molecular complexity index is 185. The zero-order valence-electron chi connectivity index (χ0n) is 10.1. The first-order valence-corrected chi connectivity index (χ1v) is 6.24. The summed E-state index contributed by atoms with van der Waals surface area (Å²) in [6.07, 6.45) is 1.34. The summed E-state index contributed by atoms with van der Waals surface area (Å²) in [5.41, 5.74) is 0.0426. The van der Waals surface area contributed by atoms with E-state index in [-0.39, 0.29) is 5.54 Å². The molecule has 1 rings (SSSR count). The van der Waals surface area contributed by atoms with E-state index in [4.69, 9.17) is 16.3 Å². The molecule has 2 unspecified atom stereocenters. The average molecular weight is 235 g/mol. The van der Waals surface area contributed by atoms with Gasteiger partial charge < -0.3 is 15.0 Å². The van der Waals surface area contributed by atoms with Crippen LogP contribution in [0.4, 0.5) is 0 Å². The molecule has 0 spiro atoms.